The van der Waals surface area contributed by atoms with E-state index in [-0.39, 0.29) is 0 Å². The van der Waals surface area contributed by atoms with Crippen LogP contribution in [0.5, 0.6) is 0 Å². The molecule has 0 spiro atoms. The Morgan fingerprint density at radius 1 is 1.14 bits per heavy atom. The monoisotopic (exact) mass is 312 g/mol. The zero-order valence-electron chi connectivity index (χ0n) is 12.4. The third-order valence-corrected chi connectivity index (χ3v) is 4.03. The Morgan fingerprint density at radius 3 is 2.68 bits per heavy atom. The van der Waals surface area contributed by atoms with Crippen molar-refractivity contribution in [2.24, 2.45) is 5.10 Å². The van der Waals surface area contributed by atoms with Gasteiger partial charge in [0.1, 0.15) is 11.5 Å². The normalized spacial score (nSPS) is 11.4. The zero-order valence-corrected chi connectivity index (χ0v) is 13.2. The van der Waals surface area contributed by atoms with Gasteiger partial charge in [-0.3, -0.25) is 0 Å². The van der Waals surface area contributed by atoms with E-state index in [1.165, 1.54) is 5.56 Å². The molecule has 112 valence electrons. The summed E-state index contributed by atoms with van der Waals surface area (Å²) in [6.45, 7) is 3.78. The molecule has 5 nitrogen and oxygen atoms in total. The molecule has 0 radical (unpaired) electrons. The minimum Gasteiger partial charge on any atom is -0.460 e. The second-order valence-electron chi connectivity index (χ2n) is 4.81. The first-order chi connectivity index (χ1) is 10.7. The molecule has 0 saturated heterocycles. The summed E-state index contributed by atoms with van der Waals surface area (Å²) >= 11 is 1.61. The largest absolute Gasteiger partial charge is 0.460 e. The van der Waals surface area contributed by atoms with Gasteiger partial charge in [0.05, 0.1) is 6.21 Å². The fraction of sp³-hybridized carbons (Fsp3) is 0.188. The second kappa shape index (κ2) is 6.62. The maximum absolute atomic E-state index is 5.48. The van der Waals surface area contributed by atoms with Gasteiger partial charge in [0.15, 0.2) is 5.82 Å². The van der Waals surface area contributed by atoms with E-state index in [0.29, 0.717) is 5.76 Å². The predicted octanol–water partition coefficient (Wildman–Crippen LogP) is 3.66. The Balaban J connectivity index is 1.74. The van der Waals surface area contributed by atoms with Crippen molar-refractivity contribution in [3.8, 4) is 0 Å². The van der Waals surface area contributed by atoms with Crippen LogP contribution in [0.1, 0.15) is 22.9 Å². The Bertz CT molecular complexity index is 777. The summed E-state index contributed by atoms with van der Waals surface area (Å²) in [6, 6.07) is 14.1. The molecule has 6 heteroatoms. The van der Waals surface area contributed by atoms with Crippen LogP contribution in [0.2, 0.25) is 0 Å². The summed E-state index contributed by atoms with van der Waals surface area (Å²) < 4.78 is 7.21. The summed E-state index contributed by atoms with van der Waals surface area (Å²) in [6.07, 6.45) is 1.68. The lowest BCUT2D eigenvalue weighted by Crippen LogP contribution is -1.96. The van der Waals surface area contributed by atoms with Gasteiger partial charge >= 0.3 is 0 Å². The molecule has 3 aromatic rings. The van der Waals surface area contributed by atoms with Crippen molar-refractivity contribution in [2.45, 2.75) is 24.8 Å². The first-order valence-corrected chi connectivity index (χ1v) is 7.90. The molecule has 0 amide bonds. The summed E-state index contributed by atoms with van der Waals surface area (Å²) in [5.74, 6) is 3.15. The van der Waals surface area contributed by atoms with Gasteiger partial charge in [-0.15, -0.1) is 10.2 Å². The highest BCUT2D eigenvalue weighted by Gasteiger charge is 2.08. The number of aryl methyl sites for hydroxylation is 2. The van der Waals surface area contributed by atoms with Crippen LogP contribution in [-0.2, 0) is 5.75 Å². The number of furan rings is 1. The second-order valence-corrected chi connectivity index (χ2v) is 5.75. The van der Waals surface area contributed by atoms with E-state index in [9.17, 15) is 0 Å². The molecule has 2 heterocycles. The van der Waals surface area contributed by atoms with Gasteiger partial charge in [0.2, 0.25) is 5.16 Å². The van der Waals surface area contributed by atoms with Crippen molar-refractivity contribution in [1.29, 1.82) is 0 Å². The first kappa shape index (κ1) is 14.6. The van der Waals surface area contributed by atoms with Crippen molar-refractivity contribution in [3.05, 3.63) is 65.4 Å². The molecule has 2 aromatic heterocycles. The van der Waals surface area contributed by atoms with Gasteiger partial charge in [-0.1, -0.05) is 42.1 Å². The molecule has 3 rings (SSSR count). The van der Waals surface area contributed by atoms with Crippen LogP contribution in [0.25, 0.3) is 0 Å². The maximum Gasteiger partial charge on any atom is 0.212 e. The van der Waals surface area contributed by atoms with Crippen LogP contribution < -0.4 is 0 Å². The summed E-state index contributed by atoms with van der Waals surface area (Å²) in [7, 11) is 0. The van der Waals surface area contributed by atoms with Crippen LogP contribution >= 0.6 is 11.8 Å². The van der Waals surface area contributed by atoms with Gasteiger partial charge in [0, 0.05) is 5.75 Å². The van der Waals surface area contributed by atoms with E-state index in [2.05, 4.69) is 27.4 Å². The van der Waals surface area contributed by atoms with Crippen molar-refractivity contribution in [3.63, 3.8) is 0 Å². The molecule has 0 unspecified atom stereocenters. The fourth-order valence-corrected chi connectivity index (χ4v) is 2.81. The van der Waals surface area contributed by atoms with E-state index in [0.717, 1.165) is 22.5 Å². The average Bonchev–Trinajstić information content (AvgIpc) is 3.10. The highest BCUT2D eigenvalue weighted by atomic mass is 32.2. The Morgan fingerprint density at radius 2 is 1.95 bits per heavy atom. The lowest BCUT2D eigenvalue weighted by Gasteiger charge is -2.02. The van der Waals surface area contributed by atoms with Crippen molar-refractivity contribution < 1.29 is 4.42 Å². The molecular weight excluding hydrogens is 296 g/mol. The minimum atomic E-state index is 0.713. The molecule has 0 aliphatic heterocycles. The topological polar surface area (TPSA) is 56.2 Å². The molecule has 0 atom stereocenters. The number of thioether (sulfide) groups is 1. The third kappa shape index (κ3) is 3.46. The molecular formula is C16H16N4OS. The number of hydrogen-bond donors (Lipinski definition) is 0. The standard InChI is InChI=1S/C16H16N4OS/c1-12-8-9-15(21-12)10-17-20-13(2)18-19-16(20)22-11-14-6-4-3-5-7-14/h3-10H,11H2,1-2H3/b17-10-. The quantitative estimate of drug-likeness (QED) is 0.533. The van der Waals surface area contributed by atoms with Gasteiger partial charge in [-0.2, -0.15) is 9.78 Å². The SMILES string of the molecule is Cc1ccc(/C=N\n2c(C)nnc2SCc2ccccc2)o1. The Hall–Kier alpha value is -2.34. The molecule has 0 N–H and O–H groups in total. The fourth-order valence-electron chi connectivity index (χ4n) is 1.92. The van der Waals surface area contributed by atoms with Crippen LogP contribution in [0, 0.1) is 13.8 Å². The van der Waals surface area contributed by atoms with Crippen LogP contribution in [0.3, 0.4) is 0 Å². The van der Waals surface area contributed by atoms with Crippen molar-refractivity contribution >= 4 is 18.0 Å². The first-order valence-electron chi connectivity index (χ1n) is 6.92. The van der Waals surface area contributed by atoms with Gasteiger partial charge in [-0.05, 0) is 31.5 Å². The molecule has 0 bridgehead atoms. The smallest absolute Gasteiger partial charge is 0.212 e. The van der Waals surface area contributed by atoms with E-state index < -0.39 is 0 Å². The van der Waals surface area contributed by atoms with E-state index in [1.54, 1.807) is 22.7 Å². The number of rotatable bonds is 5. The lowest BCUT2D eigenvalue weighted by molar-refractivity contribution is 0.527. The molecule has 0 aliphatic rings. The highest BCUT2D eigenvalue weighted by Crippen LogP contribution is 2.21. The Labute approximate surface area is 133 Å². The van der Waals surface area contributed by atoms with Gasteiger partial charge < -0.3 is 4.42 Å². The predicted molar refractivity (Wildman–Crippen MR) is 87.2 cm³/mol. The minimum absolute atomic E-state index is 0.713. The van der Waals surface area contributed by atoms with Crippen molar-refractivity contribution in [2.75, 3.05) is 0 Å². The molecule has 0 saturated carbocycles. The highest BCUT2D eigenvalue weighted by molar-refractivity contribution is 7.98. The van der Waals surface area contributed by atoms with Crippen LogP contribution in [-0.4, -0.2) is 21.1 Å². The van der Waals surface area contributed by atoms with Crippen LogP contribution in [0.15, 0.2) is 57.1 Å². The summed E-state index contributed by atoms with van der Waals surface area (Å²) in [5, 5.41) is 13.5. The third-order valence-electron chi connectivity index (χ3n) is 3.04. The Kier molecular flexibility index (Phi) is 4.39. The van der Waals surface area contributed by atoms with Crippen LogP contribution in [0.4, 0.5) is 0 Å². The zero-order chi connectivity index (χ0) is 15.4. The summed E-state index contributed by atoms with van der Waals surface area (Å²) in [5.41, 5.74) is 1.24. The van der Waals surface area contributed by atoms with Gasteiger partial charge in [0.25, 0.3) is 0 Å². The molecule has 22 heavy (non-hydrogen) atoms. The number of aromatic nitrogens is 3. The number of benzene rings is 1. The maximum atomic E-state index is 5.48. The average molecular weight is 312 g/mol. The van der Waals surface area contributed by atoms with Crippen molar-refractivity contribution in [1.82, 2.24) is 14.9 Å². The molecule has 0 fully saturated rings. The van der Waals surface area contributed by atoms with Gasteiger partial charge in [-0.25, -0.2) is 0 Å². The van der Waals surface area contributed by atoms with E-state index >= 15 is 0 Å². The lowest BCUT2D eigenvalue weighted by atomic mass is 10.2. The molecule has 1 aromatic carbocycles. The summed E-state index contributed by atoms with van der Waals surface area (Å²) in [4.78, 5) is 0. The number of hydrogen-bond acceptors (Lipinski definition) is 5. The molecule has 0 aliphatic carbocycles. The van der Waals surface area contributed by atoms with E-state index in [4.69, 9.17) is 4.42 Å². The number of nitrogens with zero attached hydrogens (tertiary/aromatic N) is 4. The van der Waals surface area contributed by atoms with E-state index in [1.807, 2.05) is 44.2 Å².